The number of aryl methyl sites for hydroxylation is 2. The van der Waals surface area contributed by atoms with Gasteiger partial charge in [0.05, 0.1) is 0 Å². The van der Waals surface area contributed by atoms with Crippen molar-refractivity contribution in [3.63, 3.8) is 0 Å². The molecule has 2 N–H and O–H groups in total. The SMILES string of the molecule is Cc1ccc(C(Nc2ccccc2Br)C(=O)O)cc1C. The van der Waals surface area contributed by atoms with Crippen molar-refractivity contribution < 1.29 is 9.90 Å². The zero-order valence-electron chi connectivity index (χ0n) is 11.4. The van der Waals surface area contributed by atoms with Crippen molar-refractivity contribution in [2.24, 2.45) is 0 Å². The zero-order chi connectivity index (χ0) is 14.7. The van der Waals surface area contributed by atoms with Gasteiger partial charge in [0, 0.05) is 10.2 Å². The molecule has 0 radical (unpaired) electrons. The second kappa shape index (κ2) is 6.09. The van der Waals surface area contributed by atoms with Crippen LogP contribution in [-0.2, 0) is 4.79 Å². The van der Waals surface area contributed by atoms with Gasteiger partial charge in [-0.1, -0.05) is 30.3 Å². The number of nitrogens with one attached hydrogen (secondary N) is 1. The van der Waals surface area contributed by atoms with Crippen LogP contribution in [0.2, 0.25) is 0 Å². The minimum Gasteiger partial charge on any atom is -0.479 e. The maximum atomic E-state index is 11.5. The van der Waals surface area contributed by atoms with Gasteiger partial charge in [0.25, 0.3) is 0 Å². The number of carboxylic acid groups (broad SMARTS) is 1. The summed E-state index contributed by atoms with van der Waals surface area (Å²) in [6.45, 7) is 3.99. The van der Waals surface area contributed by atoms with Gasteiger partial charge in [-0.25, -0.2) is 4.79 Å². The molecule has 104 valence electrons. The van der Waals surface area contributed by atoms with E-state index in [0.29, 0.717) is 0 Å². The van der Waals surface area contributed by atoms with E-state index in [1.165, 1.54) is 0 Å². The van der Waals surface area contributed by atoms with Crippen LogP contribution in [0.3, 0.4) is 0 Å². The molecule has 0 bridgehead atoms. The highest BCUT2D eigenvalue weighted by atomic mass is 79.9. The summed E-state index contributed by atoms with van der Waals surface area (Å²) in [4.78, 5) is 11.5. The summed E-state index contributed by atoms with van der Waals surface area (Å²) in [6, 6.07) is 12.4. The number of hydrogen-bond acceptors (Lipinski definition) is 2. The molecule has 3 nitrogen and oxygen atoms in total. The third kappa shape index (κ3) is 3.20. The molecule has 4 heteroatoms. The molecule has 2 aromatic carbocycles. The van der Waals surface area contributed by atoms with Crippen LogP contribution in [0.25, 0.3) is 0 Å². The Morgan fingerprint density at radius 3 is 2.45 bits per heavy atom. The summed E-state index contributed by atoms with van der Waals surface area (Å²) in [7, 11) is 0. The molecular formula is C16H16BrNO2. The maximum absolute atomic E-state index is 11.5. The summed E-state index contributed by atoms with van der Waals surface area (Å²) in [5.74, 6) is -0.899. The van der Waals surface area contributed by atoms with E-state index in [9.17, 15) is 9.90 Å². The average Bonchev–Trinajstić information content (AvgIpc) is 2.41. The first kappa shape index (κ1) is 14.6. The Labute approximate surface area is 126 Å². The van der Waals surface area contributed by atoms with E-state index in [0.717, 1.165) is 26.9 Å². The minimum absolute atomic E-state index is 0.747. The molecule has 0 spiro atoms. The Morgan fingerprint density at radius 1 is 1.15 bits per heavy atom. The van der Waals surface area contributed by atoms with E-state index in [1.54, 1.807) is 0 Å². The second-order valence-electron chi connectivity index (χ2n) is 4.74. The van der Waals surface area contributed by atoms with E-state index in [1.807, 2.05) is 56.3 Å². The van der Waals surface area contributed by atoms with Gasteiger partial charge in [-0.3, -0.25) is 0 Å². The molecular weight excluding hydrogens is 318 g/mol. The lowest BCUT2D eigenvalue weighted by atomic mass is 10.0. The van der Waals surface area contributed by atoms with Gasteiger partial charge >= 0.3 is 5.97 Å². The molecule has 20 heavy (non-hydrogen) atoms. The van der Waals surface area contributed by atoms with Crippen molar-refractivity contribution in [2.75, 3.05) is 5.32 Å². The molecule has 0 saturated heterocycles. The van der Waals surface area contributed by atoms with Crippen molar-refractivity contribution in [2.45, 2.75) is 19.9 Å². The van der Waals surface area contributed by atoms with Crippen LogP contribution < -0.4 is 5.32 Å². The first-order valence-electron chi connectivity index (χ1n) is 6.30. The predicted molar refractivity (Wildman–Crippen MR) is 84.1 cm³/mol. The number of aliphatic carboxylic acids is 1. The van der Waals surface area contributed by atoms with Crippen LogP contribution in [0.4, 0.5) is 5.69 Å². The lowest BCUT2D eigenvalue weighted by Gasteiger charge is -2.18. The van der Waals surface area contributed by atoms with Crippen LogP contribution in [0.15, 0.2) is 46.9 Å². The lowest BCUT2D eigenvalue weighted by Crippen LogP contribution is -2.20. The number of rotatable bonds is 4. The van der Waals surface area contributed by atoms with Gasteiger partial charge in [0.15, 0.2) is 6.04 Å². The van der Waals surface area contributed by atoms with Crippen molar-refractivity contribution in [1.29, 1.82) is 0 Å². The molecule has 1 atom stereocenters. The van der Waals surface area contributed by atoms with Gasteiger partial charge in [0.1, 0.15) is 0 Å². The fourth-order valence-electron chi connectivity index (χ4n) is 1.97. The molecule has 1 unspecified atom stereocenters. The molecule has 0 fully saturated rings. The first-order chi connectivity index (χ1) is 9.49. The third-order valence-corrected chi connectivity index (χ3v) is 3.98. The quantitative estimate of drug-likeness (QED) is 0.876. The van der Waals surface area contributed by atoms with E-state index in [2.05, 4.69) is 21.2 Å². The Balaban J connectivity index is 2.34. The number of para-hydroxylation sites is 1. The number of anilines is 1. The van der Waals surface area contributed by atoms with Gasteiger partial charge < -0.3 is 10.4 Å². The molecule has 2 rings (SSSR count). The molecule has 0 aliphatic rings. The predicted octanol–water partition coefficient (Wildman–Crippen LogP) is 4.30. The normalized spacial score (nSPS) is 11.9. The topological polar surface area (TPSA) is 49.3 Å². The standard InChI is InChI=1S/C16H16BrNO2/c1-10-7-8-12(9-11(10)2)15(16(19)20)18-14-6-4-3-5-13(14)17/h3-9,15,18H,1-2H3,(H,19,20). The lowest BCUT2D eigenvalue weighted by molar-refractivity contribution is -0.138. The van der Waals surface area contributed by atoms with Gasteiger partial charge in [-0.15, -0.1) is 0 Å². The number of carbonyl (C=O) groups is 1. The number of hydrogen-bond donors (Lipinski definition) is 2. The van der Waals surface area contributed by atoms with Gasteiger partial charge in [-0.2, -0.15) is 0 Å². The van der Waals surface area contributed by atoms with E-state index in [-0.39, 0.29) is 0 Å². The van der Waals surface area contributed by atoms with Crippen molar-refractivity contribution in [1.82, 2.24) is 0 Å². The van der Waals surface area contributed by atoms with Gasteiger partial charge in [0.2, 0.25) is 0 Å². The van der Waals surface area contributed by atoms with Crippen LogP contribution in [0.1, 0.15) is 22.7 Å². The van der Waals surface area contributed by atoms with Crippen LogP contribution in [0, 0.1) is 13.8 Å². The summed E-state index contributed by atoms with van der Waals surface area (Å²) >= 11 is 3.42. The second-order valence-corrected chi connectivity index (χ2v) is 5.59. The Morgan fingerprint density at radius 2 is 1.85 bits per heavy atom. The Hall–Kier alpha value is -1.81. The summed E-state index contributed by atoms with van der Waals surface area (Å²) in [5, 5.41) is 12.5. The fraction of sp³-hybridized carbons (Fsp3) is 0.188. The first-order valence-corrected chi connectivity index (χ1v) is 7.09. The largest absolute Gasteiger partial charge is 0.479 e. The Kier molecular flexibility index (Phi) is 4.45. The summed E-state index contributed by atoms with van der Waals surface area (Å²) in [6.07, 6.45) is 0. The van der Waals surface area contributed by atoms with Crippen LogP contribution >= 0.6 is 15.9 Å². The highest BCUT2D eigenvalue weighted by Gasteiger charge is 2.20. The molecule has 0 amide bonds. The van der Waals surface area contributed by atoms with Crippen LogP contribution in [-0.4, -0.2) is 11.1 Å². The Bertz CT molecular complexity index is 640. The molecule has 0 saturated carbocycles. The number of benzene rings is 2. The molecule has 0 aromatic heterocycles. The van der Waals surface area contributed by atoms with E-state index < -0.39 is 12.0 Å². The highest BCUT2D eigenvalue weighted by Crippen LogP contribution is 2.27. The molecule has 2 aromatic rings. The summed E-state index contributed by atoms with van der Waals surface area (Å²) < 4.78 is 0.843. The smallest absolute Gasteiger partial charge is 0.330 e. The summed E-state index contributed by atoms with van der Waals surface area (Å²) in [5.41, 5.74) is 3.75. The van der Waals surface area contributed by atoms with E-state index in [4.69, 9.17) is 0 Å². The van der Waals surface area contributed by atoms with Crippen molar-refractivity contribution in [3.8, 4) is 0 Å². The molecule has 0 aliphatic heterocycles. The van der Waals surface area contributed by atoms with Crippen molar-refractivity contribution >= 4 is 27.6 Å². The van der Waals surface area contributed by atoms with Crippen LogP contribution in [0.5, 0.6) is 0 Å². The van der Waals surface area contributed by atoms with Gasteiger partial charge in [-0.05, 0) is 58.6 Å². The molecule has 0 aliphatic carbocycles. The van der Waals surface area contributed by atoms with Crippen molar-refractivity contribution in [3.05, 3.63) is 63.6 Å². The highest BCUT2D eigenvalue weighted by molar-refractivity contribution is 9.10. The average molecular weight is 334 g/mol. The maximum Gasteiger partial charge on any atom is 0.330 e. The third-order valence-electron chi connectivity index (χ3n) is 3.28. The van der Waals surface area contributed by atoms with E-state index >= 15 is 0 Å². The number of halogens is 1. The monoisotopic (exact) mass is 333 g/mol. The number of carboxylic acids is 1. The zero-order valence-corrected chi connectivity index (χ0v) is 12.9. The minimum atomic E-state index is -0.899. The fourth-order valence-corrected chi connectivity index (χ4v) is 2.36. The molecule has 0 heterocycles.